The van der Waals surface area contributed by atoms with Crippen LogP contribution < -0.4 is 5.73 Å². The lowest BCUT2D eigenvalue weighted by molar-refractivity contribution is 0.418. The molecule has 3 rings (SSSR count). The summed E-state index contributed by atoms with van der Waals surface area (Å²) in [6.45, 7) is 1.83. The molecule has 0 aromatic carbocycles. The largest absolute Gasteiger partial charge is 0.334 e. The Morgan fingerprint density at radius 3 is 2.94 bits per heavy atom. The molecule has 0 radical (unpaired) electrons. The Labute approximate surface area is 99.1 Å². The summed E-state index contributed by atoms with van der Waals surface area (Å²) in [5, 5.41) is 3.85. The van der Waals surface area contributed by atoms with Gasteiger partial charge in [0.2, 0.25) is 0 Å². The van der Waals surface area contributed by atoms with Crippen molar-refractivity contribution >= 4 is 0 Å². The van der Waals surface area contributed by atoms with Crippen molar-refractivity contribution in [1.82, 2.24) is 15.1 Å². The van der Waals surface area contributed by atoms with E-state index in [1.54, 1.807) is 6.20 Å². The first kappa shape index (κ1) is 10.4. The van der Waals surface area contributed by atoms with Gasteiger partial charge >= 0.3 is 0 Å². The summed E-state index contributed by atoms with van der Waals surface area (Å²) < 4.78 is 5.20. The van der Waals surface area contributed by atoms with Crippen LogP contribution in [0.25, 0.3) is 11.5 Å². The topological polar surface area (TPSA) is 77.8 Å². The summed E-state index contributed by atoms with van der Waals surface area (Å²) in [5.74, 6) is 1.66. The molecule has 0 spiro atoms. The summed E-state index contributed by atoms with van der Waals surface area (Å²) in [6.07, 6.45) is 4.25. The third kappa shape index (κ3) is 2.06. The van der Waals surface area contributed by atoms with Gasteiger partial charge < -0.3 is 10.3 Å². The van der Waals surface area contributed by atoms with Crippen LogP contribution in [0.1, 0.15) is 43.2 Å². The first-order chi connectivity index (χ1) is 8.24. The molecule has 0 saturated heterocycles. The maximum atomic E-state index is 5.70. The number of hydrogen-bond donors (Lipinski definition) is 1. The zero-order chi connectivity index (χ0) is 11.8. The molecule has 5 heteroatoms. The van der Waals surface area contributed by atoms with Gasteiger partial charge in [0, 0.05) is 23.4 Å². The van der Waals surface area contributed by atoms with Crippen molar-refractivity contribution in [2.24, 2.45) is 5.73 Å². The molecule has 1 aliphatic carbocycles. The molecular weight excluding hydrogens is 216 g/mol. The summed E-state index contributed by atoms with van der Waals surface area (Å²) >= 11 is 0. The molecule has 5 nitrogen and oxygen atoms in total. The van der Waals surface area contributed by atoms with E-state index in [9.17, 15) is 0 Å². The average molecular weight is 230 g/mol. The maximum Gasteiger partial charge on any atom is 0.258 e. The van der Waals surface area contributed by atoms with Gasteiger partial charge in [-0.15, -0.1) is 0 Å². The van der Waals surface area contributed by atoms with E-state index in [-0.39, 0.29) is 6.04 Å². The molecule has 0 amide bonds. The molecule has 0 bridgehead atoms. The normalized spacial score (nSPS) is 17.1. The summed E-state index contributed by atoms with van der Waals surface area (Å²) in [5.41, 5.74) is 7.73. The minimum Gasteiger partial charge on any atom is -0.334 e. The Morgan fingerprint density at radius 2 is 2.29 bits per heavy atom. The van der Waals surface area contributed by atoms with E-state index in [1.807, 2.05) is 19.1 Å². The van der Waals surface area contributed by atoms with Crippen molar-refractivity contribution in [2.75, 3.05) is 0 Å². The van der Waals surface area contributed by atoms with E-state index in [0.717, 1.165) is 11.3 Å². The SMILES string of the molecule is CC(N)c1noc(-c2ccnc(C3CC3)c2)n1. The first-order valence-corrected chi connectivity index (χ1v) is 5.79. The molecule has 1 saturated carbocycles. The van der Waals surface area contributed by atoms with Gasteiger partial charge in [-0.1, -0.05) is 5.16 Å². The van der Waals surface area contributed by atoms with Crippen molar-refractivity contribution in [3.63, 3.8) is 0 Å². The predicted molar refractivity (Wildman–Crippen MR) is 62.1 cm³/mol. The molecule has 2 aromatic heterocycles. The third-order valence-corrected chi connectivity index (χ3v) is 2.87. The molecule has 1 unspecified atom stereocenters. The van der Waals surface area contributed by atoms with E-state index in [0.29, 0.717) is 17.6 Å². The van der Waals surface area contributed by atoms with Crippen LogP contribution in [0, 0.1) is 0 Å². The molecule has 1 fully saturated rings. The molecule has 1 atom stereocenters. The molecule has 2 heterocycles. The van der Waals surface area contributed by atoms with E-state index in [2.05, 4.69) is 15.1 Å². The quantitative estimate of drug-likeness (QED) is 0.872. The fourth-order valence-electron chi connectivity index (χ4n) is 1.72. The first-order valence-electron chi connectivity index (χ1n) is 5.79. The highest BCUT2D eigenvalue weighted by Gasteiger charge is 2.25. The minimum atomic E-state index is -0.211. The summed E-state index contributed by atoms with van der Waals surface area (Å²) in [6, 6.07) is 3.69. The van der Waals surface area contributed by atoms with Gasteiger partial charge in [-0.05, 0) is 31.9 Å². The zero-order valence-electron chi connectivity index (χ0n) is 9.63. The van der Waals surface area contributed by atoms with Crippen molar-refractivity contribution in [2.45, 2.75) is 31.7 Å². The number of nitrogens with zero attached hydrogens (tertiary/aromatic N) is 3. The van der Waals surface area contributed by atoms with Gasteiger partial charge in [0.1, 0.15) is 0 Å². The van der Waals surface area contributed by atoms with E-state index in [1.165, 1.54) is 12.8 Å². The lowest BCUT2D eigenvalue weighted by atomic mass is 10.2. The standard InChI is InChI=1S/C12H14N4O/c1-7(13)11-15-12(17-16-11)9-4-5-14-10(6-9)8-2-3-8/h4-8H,2-3,13H2,1H3. The van der Waals surface area contributed by atoms with Crippen LogP contribution in [-0.2, 0) is 0 Å². The molecule has 2 N–H and O–H groups in total. The monoisotopic (exact) mass is 230 g/mol. The van der Waals surface area contributed by atoms with Gasteiger partial charge in [0.15, 0.2) is 5.82 Å². The van der Waals surface area contributed by atoms with Gasteiger partial charge in [0.25, 0.3) is 5.89 Å². The van der Waals surface area contributed by atoms with E-state index in [4.69, 9.17) is 10.3 Å². The second kappa shape index (κ2) is 3.92. The van der Waals surface area contributed by atoms with E-state index >= 15 is 0 Å². The molecule has 88 valence electrons. The van der Waals surface area contributed by atoms with Crippen LogP contribution in [0.3, 0.4) is 0 Å². The lowest BCUT2D eigenvalue weighted by Gasteiger charge is -1.98. The lowest BCUT2D eigenvalue weighted by Crippen LogP contribution is -2.06. The van der Waals surface area contributed by atoms with Gasteiger partial charge in [-0.2, -0.15) is 4.98 Å². The highest BCUT2D eigenvalue weighted by Crippen LogP contribution is 2.39. The van der Waals surface area contributed by atoms with E-state index < -0.39 is 0 Å². The molecule has 0 aliphatic heterocycles. The van der Waals surface area contributed by atoms with Crippen LogP contribution in [0.2, 0.25) is 0 Å². The number of nitrogens with two attached hydrogens (primary N) is 1. The summed E-state index contributed by atoms with van der Waals surface area (Å²) in [4.78, 5) is 8.62. The Hall–Kier alpha value is -1.75. The Morgan fingerprint density at radius 1 is 1.47 bits per heavy atom. The number of hydrogen-bond acceptors (Lipinski definition) is 5. The molecule has 1 aliphatic rings. The van der Waals surface area contributed by atoms with Crippen molar-refractivity contribution in [1.29, 1.82) is 0 Å². The van der Waals surface area contributed by atoms with Crippen LogP contribution >= 0.6 is 0 Å². The van der Waals surface area contributed by atoms with Gasteiger partial charge in [0.05, 0.1) is 6.04 Å². The Balaban J connectivity index is 1.93. The fraction of sp³-hybridized carbons (Fsp3) is 0.417. The Bertz CT molecular complexity index is 531. The van der Waals surface area contributed by atoms with Crippen LogP contribution in [0.5, 0.6) is 0 Å². The minimum absolute atomic E-state index is 0.211. The third-order valence-electron chi connectivity index (χ3n) is 2.87. The number of rotatable bonds is 3. The predicted octanol–water partition coefficient (Wildman–Crippen LogP) is 2.03. The molecule has 17 heavy (non-hydrogen) atoms. The van der Waals surface area contributed by atoms with Crippen LogP contribution in [-0.4, -0.2) is 15.1 Å². The van der Waals surface area contributed by atoms with Gasteiger partial charge in [-0.25, -0.2) is 0 Å². The average Bonchev–Trinajstić information content (AvgIpc) is 3.06. The highest BCUT2D eigenvalue weighted by molar-refractivity contribution is 5.53. The second-order valence-electron chi connectivity index (χ2n) is 4.49. The van der Waals surface area contributed by atoms with Crippen molar-refractivity contribution in [3.05, 3.63) is 29.8 Å². The highest BCUT2D eigenvalue weighted by atomic mass is 16.5. The fourth-order valence-corrected chi connectivity index (χ4v) is 1.72. The van der Waals surface area contributed by atoms with Crippen molar-refractivity contribution < 1.29 is 4.52 Å². The zero-order valence-corrected chi connectivity index (χ0v) is 9.63. The second-order valence-corrected chi connectivity index (χ2v) is 4.49. The van der Waals surface area contributed by atoms with Gasteiger partial charge in [-0.3, -0.25) is 4.98 Å². The maximum absolute atomic E-state index is 5.70. The molecular formula is C12H14N4O. The Kier molecular flexibility index (Phi) is 2.40. The number of pyridine rings is 1. The smallest absolute Gasteiger partial charge is 0.258 e. The molecule has 2 aromatic rings. The van der Waals surface area contributed by atoms with Crippen LogP contribution in [0.4, 0.5) is 0 Å². The van der Waals surface area contributed by atoms with Crippen LogP contribution in [0.15, 0.2) is 22.9 Å². The summed E-state index contributed by atoms with van der Waals surface area (Å²) in [7, 11) is 0. The number of aromatic nitrogens is 3. The van der Waals surface area contributed by atoms with Crippen molar-refractivity contribution in [3.8, 4) is 11.5 Å².